The second-order valence-corrected chi connectivity index (χ2v) is 2.99. The molecule has 0 heterocycles. The van der Waals surface area contributed by atoms with Gasteiger partial charge in [0.2, 0.25) is 0 Å². The Morgan fingerprint density at radius 1 is 1.24 bits per heavy atom. The zero-order chi connectivity index (χ0) is 35.2. The summed E-state index contributed by atoms with van der Waals surface area (Å²) in [4.78, 5) is 0. The molecule has 1 atom stereocenters. The first-order valence-corrected chi connectivity index (χ1v) is 5.00. The predicted molar refractivity (Wildman–Crippen MR) is 69.3 cm³/mol. The van der Waals surface area contributed by atoms with E-state index in [1.54, 1.807) is 0 Å². The van der Waals surface area contributed by atoms with Crippen molar-refractivity contribution >= 4 is 10.4 Å². The largest absolute Gasteiger partial charge is 0.397 e. The molecule has 0 aliphatic rings. The van der Waals surface area contributed by atoms with E-state index in [2.05, 4.69) is 4.18 Å². The minimum Gasteiger partial charge on any atom is -0.264 e. The van der Waals surface area contributed by atoms with Gasteiger partial charge in [0.25, 0.3) is 0 Å². The Kier molecular flexibility index (Phi) is 1.47. The Morgan fingerprint density at radius 3 is 2.35 bits per heavy atom. The molecular formula is C12H26O4S. The molecular weight excluding hydrogens is 240 g/mol. The molecule has 0 aliphatic carbocycles. The van der Waals surface area contributed by atoms with Crippen molar-refractivity contribution < 1.29 is 51.4 Å². The van der Waals surface area contributed by atoms with Gasteiger partial charge in [-0.25, -0.2) is 4.18 Å². The molecule has 0 rings (SSSR count). The van der Waals surface area contributed by atoms with E-state index in [9.17, 15) is 8.42 Å². The summed E-state index contributed by atoms with van der Waals surface area (Å²) in [6.45, 7) is -8.52. The van der Waals surface area contributed by atoms with Crippen molar-refractivity contribution in [2.75, 3.05) is 0 Å². The van der Waals surface area contributed by atoms with Crippen molar-refractivity contribution in [3.05, 3.63) is 0 Å². The molecule has 17 heavy (non-hydrogen) atoms. The van der Waals surface area contributed by atoms with E-state index < -0.39 is 87.5 Å². The van der Waals surface area contributed by atoms with Gasteiger partial charge in [0.15, 0.2) is 0 Å². The van der Waals surface area contributed by atoms with E-state index >= 15 is 0 Å². The smallest absolute Gasteiger partial charge is 0.264 e. The summed E-state index contributed by atoms with van der Waals surface area (Å²) >= 11 is 0. The summed E-state index contributed by atoms with van der Waals surface area (Å²) in [5, 5.41) is 0. The maximum atomic E-state index is 11.2. The zero-order valence-corrected chi connectivity index (χ0v) is 8.90. The molecule has 0 amide bonds. The summed E-state index contributed by atoms with van der Waals surface area (Å²) in [5.41, 5.74) is 0. The summed E-state index contributed by atoms with van der Waals surface area (Å²) in [5.74, 6) is 0. The molecule has 0 aromatic heterocycles. The third kappa shape index (κ3) is 13.8. The maximum absolute atomic E-state index is 11.2. The van der Waals surface area contributed by atoms with Crippen molar-refractivity contribution in [1.82, 2.24) is 0 Å². The van der Waals surface area contributed by atoms with Crippen LogP contribution in [0.25, 0.3) is 0 Å². The average Bonchev–Trinajstić information content (AvgIpc) is 2.69. The van der Waals surface area contributed by atoms with Crippen LogP contribution in [0.4, 0.5) is 0 Å². The molecule has 1 N–H and O–H groups in total. The Labute approximate surface area is 141 Å². The quantitative estimate of drug-likeness (QED) is 0.589. The Morgan fingerprint density at radius 2 is 1.82 bits per heavy atom. The molecule has 0 radical (unpaired) electrons. The van der Waals surface area contributed by atoms with Gasteiger partial charge in [-0.3, -0.25) is 4.55 Å². The van der Waals surface area contributed by atoms with Crippen LogP contribution in [0.15, 0.2) is 0 Å². The topological polar surface area (TPSA) is 63.6 Å². The molecule has 104 valence electrons. The molecule has 5 heteroatoms. The lowest BCUT2D eigenvalue weighted by Crippen LogP contribution is -2.14. The summed E-state index contributed by atoms with van der Waals surface area (Å²) < 4.78 is 228. The highest BCUT2D eigenvalue weighted by atomic mass is 32.3. The van der Waals surface area contributed by atoms with Crippen LogP contribution in [0, 0.1) is 0 Å². The van der Waals surface area contributed by atoms with Crippen LogP contribution in [0.3, 0.4) is 0 Å². The van der Waals surface area contributed by atoms with Crippen molar-refractivity contribution in [2.24, 2.45) is 0 Å². The lowest BCUT2D eigenvalue weighted by Gasteiger charge is -2.09. The van der Waals surface area contributed by atoms with E-state index in [1.165, 1.54) is 0 Å². The SMILES string of the molecule is [2H]C([2H])([2H])C([2H])([2H])C([2H])([2H])C([2H])([2H])C([2H])([2H])C([2H])([2H])C([2H])([2H])C([2H])([2H])C([2H])([2H])C([2H])([2H])C([2H])(OS(=O)(=O)O)C([2H])([2H])[2H]. The summed E-state index contributed by atoms with van der Waals surface area (Å²) in [6, 6.07) is 0. The zero-order valence-electron chi connectivity index (χ0n) is 33.1. The van der Waals surface area contributed by atoms with Gasteiger partial charge in [-0.2, -0.15) is 8.42 Å². The molecule has 0 fully saturated rings. The first-order chi connectivity index (χ1) is 17.5. The van der Waals surface area contributed by atoms with Gasteiger partial charge in [-0.1, -0.05) is 57.8 Å². The van der Waals surface area contributed by atoms with Crippen LogP contribution in [0.5, 0.6) is 0 Å². The minimum absolute atomic E-state index is 3.53. The van der Waals surface area contributed by atoms with Crippen LogP contribution in [0.2, 0.25) is 0 Å². The average molecular weight is 292 g/mol. The fourth-order valence-corrected chi connectivity index (χ4v) is 0.654. The van der Waals surface area contributed by atoms with Gasteiger partial charge in [0, 0.05) is 32.9 Å². The van der Waals surface area contributed by atoms with Crippen molar-refractivity contribution in [2.45, 2.75) is 77.1 Å². The molecule has 0 aliphatic heterocycles. The molecule has 0 saturated carbocycles. The third-order valence-corrected chi connectivity index (χ3v) is 1.18. The summed E-state index contributed by atoms with van der Waals surface area (Å²) in [7, 11) is -6.18. The highest BCUT2D eigenvalue weighted by molar-refractivity contribution is 7.80. The third-order valence-electron chi connectivity index (χ3n) is 0.802. The van der Waals surface area contributed by atoms with Crippen LogP contribution in [-0.4, -0.2) is 19.1 Å². The molecule has 0 spiro atoms. The van der Waals surface area contributed by atoms with Gasteiger partial charge >= 0.3 is 10.4 Å². The number of hydrogen-bond acceptors (Lipinski definition) is 3. The fourth-order valence-electron chi connectivity index (χ4n) is 0.402. The van der Waals surface area contributed by atoms with Crippen LogP contribution in [-0.2, 0) is 14.6 Å². The molecule has 4 nitrogen and oxygen atoms in total. The van der Waals surface area contributed by atoms with Crippen LogP contribution < -0.4 is 0 Å². The highest BCUT2D eigenvalue weighted by Crippen LogP contribution is 2.12. The van der Waals surface area contributed by atoms with Crippen LogP contribution in [0.1, 0.15) is 105 Å². The van der Waals surface area contributed by atoms with E-state index in [1.807, 2.05) is 0 Å². The van der Waals surface area contributed by atoms with Gasteiger partial charge in [0.1, 0.15) is 0 Å². The van der Waals surface area contributed by atoms with Gasteiger partial charge in [-0.15, -0.1) is 0 Å². The Bertz CT molecular complexity index is 1120. The molecule has 0 aromatic carbocycles. The standard InChI is InChI=1S/C12H26O4S/c1-3-4-5-6-7-8-9-10-11-12(2)16-17(13,14)15/h12H,3-11H2,1-2H3,(H,13,14,15)/i1D3,2D3,3D2,4D2,5D2,6D2,7D2,8D2,9D2,10D2,11D2,12D. The number of rotatable bonds is 11. The number of hydrogen-bond donors (Lipinski definition) is 1. The van der Waals surface area contributed by atoms with Crippen molar-refractivity contribution in [3.8, 4) is 0 Å². The second-order valence-electron chi connectivity index (χ2n) is 1.97. The van der Waals surface area contributed by atoms with E-state index in [0.29, 0.717) is 0 Å². The second kappa shape index (κ2) is 9.85. The fraction of sp³-hybridized carbons (Fsp3) is 1.00. The van der Waals surface area contributed by atoms with Crippen molar-refractivity contribution in [1.29, 1.82) is 0 Å². The summed E-state index contributed by atoms with van der Waals surface area (Å²) in [6.07, 6.45) is -48.5. The predicted octanol–water partition coefficient (Wildman–Crippen LogP) is 3.73. The lowest BCUT2D eigenvalue weighted by molar-refractivity contribution is 0.185. The highest BCUT2D eigenvalue weighted by Gasteiger charge is 2.11. The van der Waals surface area contributed by atoms with Gasteiger partial charge < -0.3 is 0 Å². The van der Waals surface area contributed by atoms with E-state index in [-0.39, 0.29) is 0 Å². The first-order valence-electron chi connectivity index (χ1n) is 16.1. The maximum Gasteiger partial charge on any atom is 0.397 e. The van der Waals surface area contributed by atoms with E-state index in [4.69, 9.17) is 38.8 Å². The van der Waals surface area contributed by atoms with Crippen LogP contribution >= 0.6 is 0 Å². The van der Waals surface area contributed by atoms with Gasteiger partial charge in [0.05, 0.1) is 7.45 Å². The van der Waals surface area contributed by atoms with Gasteiger partial charge in [-0.05, 0) is 13.2 Å². The Balaban J connectivity index is 7.54. The molecule has 0 aromatic rings. The van der Waals surface area contributed by atoms with E-state index in [0.717, 1.165) is 0 Å². The molecule has 0 saturated heterocycles. The minimum atomic E-state index is -6.18. The Hall–Kier alpha value is -0.130. The monoisotopic (exact) mass is 291 g/mol. The van der Waals surface area contributed by atoms with Crippen molar-refractivity contribution in [3.63, 3.8) is 0 Å². The first kappa shape index (κ1) is 2.54. The molecule has 1 unspecified atom stereocenters. The normalized spacial score (nSPS) is 46.5. The lowest BCUT2D eigenvalue weighted by atomic mass is 10.1. The molecule has 0 bridgehead atoms.